The zero-order valence-corrected chi connectivity index (χ0v) is 10.5. The number of carbonyl (C=O) groups excluding carboxylic acids is 1. The molecule has 0 aromatic heterocycles. The van der Waals surface area contributed by atoms with E-state index >= 15 is 0 Å². The molecule has 5 heteroatoms. The number of amides is 2. The first-order valence-electron chi connectivity index (χ1n) is 5.61. The zero-order valence-electron chi connectivity index (χ0n) is 10.5. The molecular weight excluding hydrogens is 208 g/mol. The van der Waals surface area contributed by atoms with Crippen LogP contribution >= 0.6 is 0 Å². The number of hydrogen-bond acceptors (Lipinski definition) is 2. The van der Waals surface area contributed by atoms with E-state index < -0.39 is 11.5 Å². The van der Waals surface area contributed by atoms with Crippen LogP contribution in [0.1, 0.15) is 40.5 Å². The van der Waals surface area contributed by atoms with Gasteiger partial charge in [0.15, 0.2) is 0 Å². The number of nitrogens with zero attached hydrogens (tertiary/aromatic N) is 1. The number of urea groups is 1. The van der Waals surface area contributed by atoms with Crippen LogP contribution in [0.2, 0.25) is 0 Å². The van der Waals surface area contributed by atoms with E-state index in [1.807, 2.05) is 27.7 Å². The van der Waals surface area contributed by atoms with Crippen LogP contribution in [-0.2, 0) is 4.79 Å². The largest absolute Gasteiger partial charge is 0.481 e. The summed E-state index contributed by atoms with van der Waals surface area (Å²) in [6.07, 6.45) is 0.487. The molecular formula is C11H22N2O3. The summed E-state index contributed by atoms with van der Waals surface area (Å²) < 4.78 is 0. The first-order valence-corrected chi connectivity index (χ1v) is 5.61. The average molecular weight is 230 g/mol. The van der Waals surface area contributed by atoms with Crippen LogP contribution in [0, 0.1) is 0 Å². The summed E-state index contributed by atoms with van der Waals surface area (Å²) >= 11 is 0. The molecule has 0 atom stereocenters. The third kappa shape index (κ3) is 5.58. The number of carboxylic acid groups (broad SMARTS) is 1. The molecule has 0 aromatic carbocycles. The van der Waals surface area contributed by atoms with E-state index in [2.05, 4.69) is 5.32 Å². The standard InChI is InChI=1S/C11H22N2O3/c1-5-13(6-2)10(16)12-11(3,4)8-7-9(14)15/h5-8H2,1-4H3,(H,12,16)(H,14,15). The molecule has 0 spiro atoms. The van der Waals surface area contributed by atoms with Crippen molar-refractivity contribution in [3.05, 3.63) is 0 Å². The topological polar surface area (TPSA) is 69.6 Å². The van der Waals surface area contributed by atoms with E-state index in [4.69, 9.17) is 5.11 Å². The highest BCUT2D eigenvalue weighted by Crippen LogP contribution is 2.11. The van der Waals surface area contributed by atoms with Crippen LogP contribution in [-0.4, -0.2) is 40.6 Å². The lowest BCUT2D eigenvalue weighted by atomic mass is 9.99. The van der Waals surface area contributed by atoms with Crippen LogP contribution in [0.3, 0.4) is 0 Å². The highest BCUT2D eigenvalue weighted by molar-refractivity contribution is 5.75. The van der Waals surface area contributed by atoms with Gasteiger partial charge < -0.3 is 15.3 Å². The Kier molecular flexibility index (Phi) is 5.85. The second-order valence-corrected chi connectivity index (χ2v) is 4.38. The van der Waals surface area contributed by atoms with Gasteiger partial charge in [-0.05, 0) is 34.1 Å². The minimum atomic E-state index is -0.842. The van der Waals surface area contributed by atoms with E-state index in [0.717, 1.165) is 0 Å². The molecule has 16 heavy (non-hydrogen) atoms. The van der Waals surface area contributed by atoms with Gasteiger partial charge >= 0.3 is 12.0 Å². The fraction of sp³-hybridized carbons (Fsp3) is 0.818. The Labute approximate surface area is 96.8 Å². The normalized spacial score (nSPS) is 11.0. The van der Waals surface area contributed by atoms with Crippen molar-refractivity contribution < 1.29 is 14.7 Å². The first kappa shape index (κ1) is 14.7. The Bertz CT molecular complexity index is 248. The van der Waals surface area contributed by atoms with Gasteiger partial charge in [0.1, 0.15) is 0 Å². The summed E-state index contributed by atoms with van der Waals surface area (Å²) in [7, 11) is 0. The minimum Gasteiger partial charge on any atom is -0.481 e. The lowest BCUT2D eigenvalue weighted by Gasteiger charge is -2.29. The van der Waals surface area contributed by atoms with E-state index in [9.17, 15) is 9.59 Å². The molecule has 2 N–H and O–H groups in total. The zero-order chi connectivity index (χ0) is 12.8. The monoisotopic (exact) mass is 230 g/mol. The Balaban J connectivity index is 4.23. The van der Waals surface area contributed by atoms with Gasteiger partial charge in [-0.3, -0.25) is 4.79 Å². The molecule has 5 nitrogen and oxygen atoms in total. The lowest BCUT2D eigenvalue weighted by Crippen LogP contribution is -2.50. The van der Waals surface area contributed by atoms with Gasteiger partial charge in [-0.2, -0.15) is 0 Å². The summed E-state index contributed by atoms with van der Waals surface area (Å²) in [5.41, 5.74) is -0.488. The van der Waals surface area contributed by atoms with E-state index in [1.165, 1.54) is 0 Å². The Morgan fingerprint density at radius 2 is 1.75 bits per heavy atom. The van der Waals surface area contributed by atoms with Gasteiger partial charge in [0, 0.05) is 25.0 Å². The van der Waals surface area contributed by atoms with Gasteiger partial charge in [0.2, 0.25) is 0 Å². The summed E-state index contributed by atoms with van der Waals surface area (Å²) in [4.78, 5) is 23.9. The van der Waals surface area contributed by atoms with Crippen molar-refractivity contribution in [3.63, 3.8) is 0 Å². The average Bonchev–Trinajstić information content (AvgIpc) is 2.16. The van der Waals surface area contributed by atoms with Gasteiger partial charge in [-0.25, -0.2) is 4.79 Å². The predicted octanol–water partition coefficient (Wildman–Crippen LogP) is 1.68. The SMILES string of the molecule is CCN(CC)C(=O)NC(C)(C)CCC(=O)O. The van der Waals surface area contributed by atoms with Gasteiger partial charge in [-0.1, -0.05) is 0 Å². The van der Waals surface area contributed by atoms with Crippen LogP contribution < -0.4 is 5.32 Å². The molecule has 0 unspecified atom stereocenters. The predicted molar refractivity (Wildman–Crippen MR) is 62.4 cm³/mol. The molecule has 0 fully saturated rings. The molecule has 0 radical (unpaired) electrons. The van der Waals surface area contributed by atoms with Gasteiger partial charge in [0.25, 0.3) is 0 Å². The smallest absolute Gasteiger partial charge is 0.317 e. The molecule has 0 aromatic rings. The second-order valence-electron chi connectivity index (χ2n) is 4.38. The molecule has 0 heterocycles. The molecule has 0 saturated carbocycles. The van der Waals surface area contributed by atoms with E-state index in [-0.39, 0.29) is 12.5 Å². The maximum absolute atomic E-state index is 11.7. The summed E-state index contributed by atoms with van der Waals surface area (Å²) in [6.45, 7) is 8.78. The van der Waals surface area contributed by atoms with Crippen LogP contribution in [0.4, 0.5) is 4.79 Å². The second kappa shape index (κ2) is 6.35. The molecule has 2 amide bonds. The Morgan fingerprint density at radius 1 is 1.25 bits per heavy atom. The summed E-state index contributed by atoms with van der Waals surface area (Å²) in [5, 5.41) is 11.4. The third-order valence-corrected chi connectivity index (χ3v) is 2.46. The van der Waals surface area contributed by atoms with E-state index in [0.29, 0.717) is 19.5 Å². The van der Waals surface area contributed by atoms with Gasteiger partial charge in [-0.15, -0.1) is 0 Å². The third-order valence-electron chi connectivity index (χ3n) is 2.46. The fourth-order valence-electron chi connectivity index (χ4n) is 1.36. The van der Waals surface area contributed by atoms with E-state index in [1.54, 1.807) is 4.90 Å². The summed E-state index contributed by atoms with van der Waals surface area (Å²) in [6, 6.07) is -0.139. The Morgan fingerprint density at radius 3 is 2.12 bits per heavy atom. The molecule has 0 aliphatic carbocycles. The number of hydrogen-bond donors (Lipinski definition) is 2. The van der Waals surface area contributed by atoms with Crippen molar-refractivity contribution in [1.29, 1.82) is 0 Å². The number of rotatable bonds is 6. The van der Waals surface area contributed by atoms with Crippen LogP contribution in [0.25, 0.3) is 0 Å². The van der Waals surface area contributed by atoms with Crippen molar-refractivity contribution in [2.45, 2.75) is 46.1 Å². The molecule has 0 aliphatic rings. The maximum atomic E-state index is 11.7. The first-order chi connectivity index (χ1) is 7.32. The van der Waals surface area contributed by atoms with Crippen molar-refractivity contribution in [2.75, 3.05) is 13.1 Å². The molecule has 0 aliphatic heterocycles. The molecule has 94 valence electrons. The van der Waals surface area contributed by atoms with Crippen LogP contribution in [0.5, 0.6) is 0 Å². The number of aliphatic carboxylic acids is 1. The minimum absolute atomic E-state index is 0.0610. The Hall–Kier alpha value is -1.26. The maximum Gasteiger partial charge on any atom is 0.317 e. The number of nitrogens with one attached hydrogen (secondary N) is 1. The highest BCUT2D eigenvalue weighted by atomic mass is 16.4. The van der Waals surface area contributed by atoms with Crippen molar-refractivity contribution in [1.82, 2.24) is 10.2 Å². The fourth-order valence-corrected chi connectivity index (χ4v) is 1.36. The quantitative estimate of drug-likeness (QED) is 0.729. The van der Waals surface area contributed by atoms with Crippen LogP contribution in [0.15, 0.2) is 0 Å². The lowest BCUT2D eigenvalue weighted by molar-refractivity contribution is -0.137. The van der Waals surface area contributed by atoms with Crippen molar-refractivity contribution >= 4 is 12.0 Å². The number of carboxylic acids is 1. The highest BCUT2D eigenvalue weighted by Gasteiger charge is 2.23. The van der Waals surface area contributed by atoms with Crippen molar-refractivity contribution in [3.8, 4) is 0 Å². The molecule has 0 saturated heterocycles. The summed E-state index contributed by atoms with van der Waals surface area (Å²) in [5.74, 6) is -0.842. The molecule has 0 rings (SSSR count). The van der Waals surface area contributed by atoms with Crippen molar-refractivity contribution in [2.24, 2.45) is 0 Å². The molecule has 0 bridgehead atoms. The number of carbonyl (C=O) groups is 2. The van der Waals surface area contributed by atoms with Gasteiger partial charge in [0.05, 0.1) is 0 Å².